The number of amides is 1. The van der Waals surface area contributed by atoms with Crippen LogP contribution in [-0.4, -0.2) is 79.1 Å². The van der Waals surface area contributed by atoms with Gasteiger partial charge in [0.2, 0.25) is 0 Å². The summed E-state index contributed by atoms with van der Waals surface area (Å²) < 4.78 is 0. The number of benzene rings is 1. The molecule has 0 spiro atoms. The highest BCUT2D eigenvalue weighted by Crippen LogP contribution is 2.39. The number of halogens is 1. The second kappa shape index (κ2) is 10.00. The molecule has 182 valence electrons. The van der Waals surface area contributed by atoms with Crippen LogP contribution in [0.15, 0.2) is 53.5 Å². The maximum Gasteiger partial charge on any atom is 0.250 e. The van der Waals surface area contributed by atoms with Crippen LogP contribution in [0.1, 0.15) is 18.4 Å². The van der Waals surface area contributed by atoms with Gasteiger partial charge >= 0.3 is 0 Å². The van der Waals surface area contributed by atoms with Crippen LogP contribution in [0, 0.1) is 5.92 Å². The van der Waals surface area contributed by atoms with Crippen molar-refractivity contribution in [1.29, 1.82) is 0 Å². The Labute approximate surface area is 206 Å². The lowest BCUT2D eigenvalue weighted by Crippen LogP contribution is -2.51. The van der Waals surface area contributed by atoms with Gasteiger partial charge in [-0.1, -0.05) is 29.8 Å². The van der Waals surface area contributed by atoms with Gasteiger partial charge in [0.05, 0.1) is 17.9 Å². The molecule has 9 heteroatoms. The summed E-state index contributed by atoms with van der Waals surface area (Å²) >= 11 is 6.16. The number of piperazine rings is 1. The van der Waals surface area contributed by atoms with Gasteiger partial charge in [0.15, 0.2) is 0 Å². The van der Waals surface area contributed by atoms with E-state index in [9.17, 15) is 4.79 Å². The van der Waals surface area contributed by atoms with E-state index in [0.717, 1.165) is 42.5 Å². The summed E-state index contributed by atoms with van der Waals surface area (Å²) in [7, 11) is 0. The lowest BCUT2D eigenvalue weighted by atomic mass is 10.1. The molecule has 1 atom stereocenters. The van der Waals surface area contributed by atoms with Crippen LogP contribution in [-0.2, 0) is 4.79 Å². The number of nitrogens with one attached hydrogen (secondary N) is 2. The van der Waals surface area contributed by atoms with E-state index in [0.29, 0.717) is 31.1 Å². The zero-order chi connectivity index (χ0) is 23.7. The van der Waals surface area contributed by atoms with E-state index >= 15 is 0 Å². The Hall–Kier alpha value is -2.52. The quantitative estimate of drug-likeness (QED) is 0.430. The first-order chi connectivity index (χ1) is 16.6. The summed E-state index contributed by atoms with van der Waals surface area (Å²) in [6, 6.07) is 8.05. The molecular weight excluding hydrogens is 450 g/mol. The van der Waals surface area contributed by atoms with Gasteiger partial charge in [0.25, 0.3) is 5.91 Å². The number of hydrogen-bond donors (Lipinski definition) is 4. The smallest absolute Gasteiger partial charge is 0.250 e. The van der Waals surface area contributed by atoms with Gasteiger partial charge in [-0.15, -0.1) is 0 Å². The monoisotopic (exact) mass is 483 g/mol. The van der Waals surface area contributed by atoms with Crippen molar-refractivity contribution in [2.75, 3.05) is 52.4 Å². The van der Waals surface area contributed by atoms with Gasteiger partial charge in [-0.05, 0) is 30.5 Å². The summed E-state index contributed by atoms with van der Waals surface area (Å²) in [5.41, 5.74) is 16.9. The fourth-order valence-corrected chi connectivity index (χ4v) is 5.09. The molecule has 2 fully saturated rings. The number of hydrogen-bond acceptors (Lipinski definition) is 7. The molecule has 4 aliphatic rings. The van der Waals surface area contributed by atoms with Crippen LogP contribution >= 0.6 is 11.6 Å². The predicted molar refractivity (Wildman–Crippen MR) is 135 cm³/mol. The molecular formula is C25H34ClN7O. The second-order valence-corrected chi connectivity index (χ2v) is 9.81. The van der Waals surface area contributed by atoms with Crippen molar-refractivity contribution in [3.05, 3.63) is 64.1 Å². The first-order valence-electron chi connectivity index (χ1n) is 12.2. The second-order valence-electron chi connectivity index (χ2n) is 9.37. The Morgan fingerprint density at radius 3 is 2.50 bits per heavy atom. The van der Waals surface area contributed by atoms with Crippen molar-refractivity contribution >= 4 is 23.2 Å². The maximum absolute atomic E-state index is 12.8. The number of rotatable bonds is 7. The fourth-order valence-electron chi connectivity index (χ4n) is 4.96. The third-order valence-corrected chi connectivity index (χ3v) is 7.32. The van der Waals surface area contributed by atoms with E-state index in [4.69, 9.17) is 23.1 Å². The highest BCUT2D eigenvalue weighted by atomic mass is 35.5. The fraction of sp³-hybridized carbons (Fsp3) is 0.480. The number of nitrogens with zero attached hydrogens (tertiary/aromatic N) is 3. The molecule has 1 unspecified atom stereocenters. The third kappa shape index (κ3) is 4.81. The first kappa shape index (κ1) is 23.2. The van der Waals surface area contributed by atoms with Crippen molar-refractivity contribution in [1.82, 2.24) is 25.3 Å². The summed E-state index contributed by atoms with van der Waals surface area (Å²) in [4.78, 5) is 19.5. The minimum atomic E-state index is 0.00961. The van der Waals surface area contributed by atoms with E-state index in [1.54, 1.807) is 6.08 Å². The Morgan fingerprint density at radius 2 is 1.85 bits per heavy atom. The summed E-state index contributed by atoms with van der Waals surface area (Å²) in [5.74, 6) is 0.685. The molecule has 1 saturated heterocycles. The topological polar surface area (TPSA) is 103 Å². The molecule has 8 nitrogen and oxygen atoms in total. The lowest BCUT2D eigenvalue weighted by molar-refractivity contribution is -0.128. The van der Waals surface area contributed by atoms with E-state index in [-0.39, 0.29) is 18.6 Å². The number of allylic oxidation sites excluding steroid dienone is 1. The Bertz CT molecular complexity index is 1010. The molecule has 3 aliphatic heterocycles. The maximum atomic E-state index is 12.8. The van der Waals surface area contributed by atoms with E-state index < -0.39 is 0 Å². The standard InChI is InChI=1S/C25H34ClN7O/c26-20-5-3-18(4-6-20)24-22(33-15-21(17-1-2-17)29-14-23(33)30-24)16-31-9-11-32(12-10-31)25(34)19(13-28)7-8-27/h3-7,15,17,23,29-30H,1-2,8-14,16,27-28H2/b19-7+. The normalized spacial score (nSPS) is 23.4. The molecule has 1 saturated carbocycles. The molecule has 1 aliphatic carbocycles. The third-order valence-electron chi connectivity index (χ3n) is 7.07. The Kier molecular flexibility index (Phi) is 6.83. The molecule has 1 aromatic carbocycles. The molecule has 5 rings (SSSR count). The summed E-state index contributed by atoms with van der Waals surface area (Å²) in [5, 5.41) is 8.11. The van der Waals surface area contributed by atoms with Gasteiger partial charge in [-0.25, -0.2) is 0 Å². The molecule has 6 N–H and O–H groups in total. The lowest BCUT2D eigenvalue weighted by Gasteiger charge is -2.37. The molecule has 34 heavy (non-hydrogen) atoms. The highest BCUT2D eigenvalue weighted by molar-refractivity contribution is 6.30. The van der Waals surface area contributed by atoms with E-state index in [1.165, 1.54) is 24.2 Å². The van der Waals surface area contributed by atoms with Crippen molar-refractivity contribution in [2.45, 2.75) is 19.0 Å². The number of carbonyl (C=O) groups excluding carboxylic acids is 1. The van der Waals surface area contributed by atoms with E-state index in [1.807, 2.05) is 17.0 Å². The summed E-state index contributed by atoms with van der Waals surface area (Å²) in [6.45, 7) is 5.26. The number of fused-ring (bicyclic) bond motifs is 1. The Balaban J connectivity index is 1.34. The van der Waals surface area contributed by atoms with E-state index in [2.05, 4.69) is 38.8 Å². The van der Waals surface area contributed by atoms with Gasteiger partial charge in [-0.3, -0.25) is 9.69 Å². The number of carbonyl (C=O) groups is 1. The first-order valence-corrected chi connectivity index (χ1v) is 12.6. The van der Waals surface area contributed by atoms with Crippen LogP contribution in [0.25, 0.3) is 5.70 Å². The van der Waals surface area contributed by atoms with Gasteiger partial charge in [0.1, 0.15) is 6.17 Å². The minimum absolute atomic E-state index is 0.00961. The largest absolute Gasteiger partial charge is 0.383 e. The van der Waals surface area contributed by atoms with Crippen LogP contribution in [0.2, 0.25) is 5.02 Å². The number of nitrogens with two attached hydrogens (primary N) is 2. The van der Waals surface area contributed by atoms with Crippen LogP contribution in [0.4, 0.5) is 0 Å². The van der Waals surface area contributed by atoms with Crippen molar-refractivity contribution in [3.63, 3.8) is 0 Å². The van der Waals surface area contributed by atoms with Crippen molar-refractivity contribution in [2.24, 2.45) is 17.4 Å². The van der Waals surface area contributed by atoms with Crippen LogP contribution in [0.3, 0.4) is 0 Å². The molecule has 1 aromatic rings. The zero-order valence-corrected chi connectivity index (χ0v) is 20.2. The highest BCUT2D eigenvalue weighted by Gasteiger charge is 2.37. The summed E-state index contributed by atoms with van der Waals surface area (Å²) in [6.07, 6.45) is 6.78. The van der Waals surface area contributed by atoms with Gasteiger partial charge in [-0.2, -0.15) is 0 Å². The predicted octanol–water partition coefficient (Wildman–Crippen LogP) is 1.08. The molecule has 1 amide bonds. The zero-order valence-electron chi connectivity index (χ0n) is 19.5. The van der Waals surface area contributed by atoms with Crippen molar-refractivity contribution in [3.8, 4) is 0 Å². The molecule has 3 heterocycles. The molecule has 0 aromatic heterocycles. The average molecular weight is 484 g/mol. The molecule has 0 bridgehead atoms. The van der Waals surface area contributed by atoms with Gasteiger partial charge in [0, 0.05) is 74.2 Å². The Morgan fingerprint density at radius 1 is 1.12 bits per heavy atom. The van der Waals surface area contributed by atoms with Crippen molar-refractivity contribution < 1.29 is 4.79 Å². The van der Waals surface area contributed by atoms with Crippen LogP contribution < -0.4 is 22.1 Å². The van der Waals surface area contributed by atoms with Crippen LogP contribution in [0.5, 0.6) is 0 Å². The SMILES string of the molecule is NC/C=C(\CN)C(=O)N1CCN(CC2=C(c3ccc(Cl)cc3)NC3CNC(C4CC4)=CN23)CC1. The minimum Gasteiger partial charge on any atom is -0.383 e. The average Bonchev–Trinajstić information content (AvgIpc) is 3.66. The van der Waals surface area contributed by atoms with Gasteiger partial charge < -0.3 is 31.9 Å². The molecule has 0 radical (unpaired) electrons.